The van der Waals surface area contributed by atoms with Crippen LogP contribution in [0.25, 0.3) is 44.5 Å². The third kappa shape index (κ3) is 8.52. The van der Waals surface area contributed by atoms with E-state index in [9.17, 15) is 4.79 Å². The SMILES string of the molecule is Cc1nc2c(-c3cccc(Cl)c3)cc(Cc3ccc(N)cc3)cc2o1.Cc1nc2c(-c3cccc(Cl)c3)cc(Cc3ccc(NC(N)=O)cc3)cc2o1. The molecule has 6 aromatic carbocycles. The molecule has 8 rings (SSSR count). The summed E-state index contributed by atoms with van der Waals surface area (Å²) in [5.41, 5.74) is 24.2. The zero-order valence-electron chi connectivity index (χ0n) is 29.0. The Morgan fingerprint density at radius 1 is 0.623 bits per heavy atom. The number of halogens is 2. The molecule has 0 bridgehead atoms. The second kappa shape index (κ2) is 15.3. The maximum absolute atomic E-state index is 11.0. The number of nitrogens with one attached hydrogen (secondary N) is 1. The molecule has 0 spiro atoms. The van der Waals surface area contributed by atoms with Gasteiger partial charge in [0, 0.05) is 46.4 Å². The highest BCUT2D eigenvalue weighted by Crippen LogP contribution is 2.34. The van der Waals surface area contributed by atoms with Crippen LogP contribution in [0.2, 0.25) is 10.0 Å². The van der Waals surface area contributed by atoms with E-state index in [0.717, 1.165) is 73.3 Å². The predicted molar refractivity (Wildman–Crippen MR) is 214 cm³/mol. The average Bonchev–Trinajstić information content (AvgIpc) is 3.70. The Bertz CT molecular complexity index is 2580. The van der Waals surface area contributed by atoms with E-state index in [2.05, 4.69) is 33.5 Å². The topological polar surface area (TPSA) is 133 Å². The largest absolute Gasteiger partial charge is 0.441 e. The summed E-state index contributed by atoms with van der Waals surface area (Å²) in [5, 5.41) is 3.94. The molecule has 0 radical (unpaired) electrons. The lowest BCUT2D eigenvalue weighted by Gasteiger charge is -2.08. The number of anilines is 2. The summed E-state index contributed by atoms with van der Waals surface area (Å²) in [6.45, 7) is 3.70. The van der Waals surface area contributed by atoms with Crippen molar-refractivity contribution in [3.63, 3.8) is 0 Å². The lowest BCUT2D eigenvalue weighted by Crippen LogP contribution is -2.19. The van der Waals surface area contributed by atoms with Crippen molar-refractivity contribution in [2.24, 2.45) is 5.73 Å². The summed E-state index contributed by atoms with van der Waals surface area (Å²) in [6.07, 6.45) is 1.50. The molecule has 2 aromatic heterocycles. The number of urea groups is 1. The molecule has 53 heavy (non-hydrogen) atoms. The molecule has 0 aliphatic rings. The summed E-state index contributed by atoms with van der Waals surface area (Å²) >= 11 is 12.4. The van der Waals surface area contributed by atoms with E-state index in [0.29, 0.717) is 33.9 Å². The van der Waals surface area contributed by atoms with Gasteiger partial charge in [-0.1, -0.05) is 71.7 Å². The Kier molecular flexibility index (Phi) is 10.2. The first-order valence-corrected chi connectivity index (χ1v) is 17.6. The quantitative estimate of drug-likeness (QED) is 0.139. The van der Waals surface area contributed by atoms with Crippen LogP contribution in [0.3, 0.4) is 0 Å². The number of fused-ring (bicyclic) bond motifs is 2. The van der Waals surface area contributed by atoms with Gasteiger partial charge < -0.3 is 25.6 Å². The van der Waals surface area contributed by atoms with Gasteiger partial charge in [-0.25, -0.2) is 14.8 Å². The Hall–Kier alpha value is -6.09. The van der Waals surface area contributed by atoms with Crippen LogP contribution in [0.15, 0.2) is 130 Å². The summed E-state index contributed by atoms with van der Waals surface area (Å²) in [5.74, 6) is 1.28. The summed E-state index contributed by atoms with van der Waals surface area (Å²) in [4.78, 5) is 20.0. The Morgan fingerprint density at radius 2 is 1.08 bits per heavy atom. The number of hydrogen-bond acceptors (Lipinski definition) is 6. The van der Waals surface area contributed by atoms with Gasteiger partial charge in [0.25, 0.3) is 0 Å². The molecule has 0 aliphatic heterocycles. The highest BCUT2D eigenvalue weighted by Gasteiger charge is 2.15. The van der Waals surface area contributed by atoms with Crippen LogP contribution in [0.5, 0.6) is 0 Å². The molecular formula is C43H35Cl2N5O3. The number of benzene rings is 6. The van der Waals surface area contributed by atoms with Gasteiger partial charge in [-0.05, 0) is 119 Å². The number of aryl methyl sites for hydroxylation is 2. The summed E-state index contributed by atoms with van der Waals surface area (Å²) < 4.78 is 11.6. The molecule has 5 N–H and O–H groups in total. The van der Waals surface area contributed by atoms with E-state index in [1.165, 1.54) is 5.56 Å². The first-order valence-electron chi connectivity index (χ1n) is 16.9. The number of rotatable bonds is 7. The van der Waals surface area contributed by atoms with E-state index in [4.69, 9.17) is 43.5 Å². The van der Waals surface area contributed by atoms with Crippen molar-refractivity contribution in [3.05, 3.63) is 165 Å². The van der Waals surface area contributed by atoms with Crippen LogP contribution in [-0.2, 0) is 12.8 Å². The maximum atomic E-state index is 11.0. The molecule has 8 nitrogen and oxygen atoms in total. The third-order valence-electron chi connectivity index (χ3n) is 8.61. The number of oxazole rings is 2. The van der Waals surface area contributed by atoms with Gasteiger partial charge in [0.05, 0.1) is 0 Å². The second-order valence-corrected chi connectivity index (χ2v) is 13.6. The van der Waals surface area contributed by atoms with Crippen molar-refractivity contribution in [1.29, 1.82) is 0 Å². The van der Waals surface area contributed by atoms with Crippen molar-refractivity contribution in [3.8, 4) is 22.3 Å². The molecule has 0 atom stereocenters. The minimum absolute atomic E-state index is 0.579. The number of aromatic nitrogens is 2. The monoisotopic (exact) mass is 739 g/mol. The van der Waals surface area contributed by atoms with Crippen LogP contribution in [0.1, 0.15) is 34.0 Å². The average molecular weight is 741 g/mol. The number of nitrogens with two attached hydrogens (primary N) is 2. The molecule has 8 aromatic rings. The lowest BCUT2D eigenvalue weighted by atomic mass is 9.98. The van der Waals surface area contributed by atoms with Crippen LogP contribution in [0, 0.1) is 13.8 Å². The van der Waals surface area contributed by atoms with Crippen molar-refractivity contribution < 1.29 is 13.6 Å². The fourth-order valence-electron chi connectivity index (χ4n) is 6.31. The molecule has 264 valence electrons. The van der Waals surface area contributed by atoms with E-state index >= 15 is 0 Å². The predicted octanol–water partition coefficient (Wildman–Crippen LogP) is 11.2. The van der Waals surface area contributed by atoms with Gasteiger partial charge in [0.1, 0.15) is 11.0 Å². The fourth-order valence-corrected chi connectivity index (χ4v) is 6.69. The molecule has 10 heteroatoms. The molecule has 0 unspecified atom stereocenters. The van der Waals surface area contributed by atoms with Gasteiger partial charge in [-0.3, -0.25) is 0 Å². The Balaban J connectivity index is 0.000000165. The smallest absolute Gasteiger partial charge is 0.316 e. The molecule has 2 amide bonds. The van der Waals surface area contributed by atoms with Gasteiger partial charge in [-0.2, -0.15) is 0 Å². The van der Waals surface area contributed by atoms with E-state index in [-0.39, 0.29) is 0 Å². The minimum Gasteiger partial charge on any atom is -0.441 e. The molecule has 0 aliphatic carbocycles. The minimum atomic E-state index is -0.579. The number of carbonyl (C=O) groups is 1. The van der Waals surface area contributed by atoms with Crippen LogP contribution < -0.4 is 16.8 Å². The number of nitrogens with zero attached hydrogens (tertiary/aromatic N) is 2. The highest BCUT2D eigenvalue weighted by atomic mass is 35.5. The van der Waals surface area contributed by atoms with E-state index in [1.54, 1.807) is 0 Å². The van der Waals surface area contributed by atoms with Gasteiger partial charge in [0.15, 0.2) is 22.9 Å². The summed E-state index contributed by atoms with van der Waals surface area (Å²) in [6, 6.07) is 38.8. The molecule has 0 saturated carbocycles. The van der Waals surface area contributed by atoms with Crippen molar-refractivity contribution in [1.82, 2.24) is 9.97 Å². The second-order valence-electron chi connectivity index (χ2n) is 12.7. The van der Waals surface area contributed by atoms with E-state index < -0.39 is 6.03 Å². The summed E-state index contributed by atoms with van der Waals surface area (Å²) in [7, 11) is 0. The third-order valence-corrected chi connectivity index (χ3v) is 9.08. The molecular weight excluding hydrogens is 705 g/mol. The first-order chi connectivity index (χ1) is 25.6. The zero-order chi connectivity index (χ0) is 37.1. The Morgan fingerprint density at radius 3 is 1.51 bits per heavy atom. The molecule has 2 heterocycles. The van der Waals surface area contributed by atoms with Gasteiger partial charge >= 0.3 is 6.03 Å². The van der Waals surface area contributed by atoms with Gasteiger partial charge in [0.2, 0.25) is 0 Å². The van der Waals surface area contributed by atoms with Crippen molar-refractivity contribution in [2.45, 2.75) is 26.7 Å². The normalized spacial score (nSPS) is 11.0. The molecule has 0 saturated heterocycles. The first kappa shape index (κ1) is 35.3. The van der Waals surface area contributed by atoms with Crippen molar-refractivity contribution >= 4 is 62.8 Å². The van der Waals surface area contributed by atoms with Gasteiger partial charge in [-0.15, -0.1) is 0 Å². The van der Waals surface area contributed by atoms with Crippen molar-refractivity contribution in [2.75, 3.05) is 11.1 Å². The number of amides is 2. The Labute approximate surface area is 316 Å². The standard InChI is InChI=1S/C22H18ClN3O2.C21H17ClN2O/c1-13-25-21-19(16-3-2-4-17(23)12-16)10-15(11-20(21)28-13)9-14-5-7-18(8-6-14)26-22(24)27;1-13-24-21-19(16-3-2-4-17(22)12-16)10-15(11-20(21)25-13)9-14-5-7-18(23)8-6-14/h2-8,10-12H,9H2,1H3,(H3,24,26,27);2-8,10-12H,9,23H2,1H3. The van der Waals surface area contributed by atoms with E-state index in [1.807, 2.05) is 117 Å². The molecule has 0 fully saturated rings. The zero-order valence-corrected chi connectivity index (χ0v) is 30.5. The highest BCUT2D eigenvalue weighted by molar-refractivity contribution is 6.31. The van der Waals surface area contributed by atoms with Crippen LogP contribution in [-0.4, -0.2) is 16.0 Å². The maximum Gasteiger partial charge on any atom is 0.316 e. The number of carbonyl (C=O) groups excluding carboxylic acids is 1. The lowest BCUT2D eigenvalue weighted by molar-refractivity contribution is 0.259. The number of hydrogen-bond donors (Lipinski definition) is 3. The number of primary amides is 1. The van der Waals surface area contributed by atoms with Crippen LogP contribution >= 0.6 is 23.2 Å². The fraction of sp³-hybridized carbons (Fsp3) is 0.0930. The number of nitrogen functional groups attached to an aromatic ring is 1. The van der Waals surface area contributed by atoms with Crippen LogP contribution in [0.4, 0.5) is 16.2 Å².